The molecule has 6 nitrogen and oxygen atoms in total. The van der Waals surface area contributed by atoms with Crippen LogP contribution >= 0.6 is 24.0 Å². The minimum Gasteiger partial charge on any atom is -0.386 e. The molecule has 124 valence electrons. The molecule has 1 aliphatic rings. The van der Waals surface area contributed by atoms with Crippen molar-refractivity contribution in [2.75, 3.05) is 26.2 Å². The zero-order valence-corrected chi connectivity index (χ0v) is 15.2. The van der Waals surface area contributed by atoms with Crippen molar-refractivity contribution in [2.24, 2.45) is 4.99 Å². The quantitative estimate of drug-likeness (QED) is 0.369. The summed E-state index contributed by atoms with van der Waals surface area (Å²) in [5.41, 5.74) is 0.823. The van der Waals surface area contributed by atoms with Crippen LogP contribution in [0, 0.1) is 0 Å². The Bertz CT molecular complexity index is 438. The van der Waals surface area contributed by atoms with Crippen molar-refractivity contribution in [3.8, 4) is 0 Å². The normalized spacial score (nSPS) is 19.4. The third-order valence-electron chi connectivity index (χ3n) is 3.38. The van der Waals surface area contributed by atoms with Gasteiger partial charge in [0, 0.05) is 32.1 Å². The number of rotatable bonds is 6. The lowest BCUT2D eigenvalue weighted by molar-refractivity contribution is 0.113. The van der Waals surface area contributed by atoms with Crippen molar-refractivity contribution < 1.29 is 9.84 Å². The van der Waals surface area contributed by atoms with Crippen LogP contribution in [-0.4, -0.2) is 48.4 Å². The molecule has 1 aromatic rings. The second-order valence-electron chi connectivity index (χ2n) is 5.03. The highest BCUT2D eigenvalue weighted by Crippen LogP contribution is 2.12. The van der Waals surface area contributed by atoms with Crippen LogP contribution in [-0.2, 0) is 4.74 Å². The van der Waals surface area contributed by atoms with Gasteiger partial charge in [-0.2, -0.15) is 0 Å². The van der Waals surface area contributed by atoms with E-state index < -0.39 is 6.10 Å². The van der Waals surface area contributed by atoms with Crippen molar-refractivity contribution in [3.63, 3.8) is 0 Å². The Morgan fingerprint density at radius 2 is 2.23 bits per heavy atom. The number of ether oxygens (including phenoxy) is 1. The van der Waals surface area contributed by atoms with Gasteiger partial charge in [0.15, 0.2) is 5.96 Å². The van der Waals surface area contributed by atoms with Crippen molar-refractivity contribution in [2.45, 2.75) is 32.0 Å². The maximum Gasteiger partial charge on any atom is 0.191 e. The maximum atomic E-state index is 10.1. The molecular weight excluding hydrogens is 395 g/mol. The van der Waals surface area contributed by atoms with Gasteiger partial charge in [-0.25, -0.2) is 0 Å². The number of guanidine groups is 1. The molecule has 2 heterocycles. The lowest BCUT2D eigenvalue weighted by atomic mass is 10.1. The first-order valence-corrected chi connectivity index (χ1v) is 7.51. The van der Waals surface area contributed by atoms with Crippen LogP contribution in [0.3, 0.4) is 0 Å². The van der Waals surface area contributed by atoms with Crippen molar-refractivity contribution in [1.82, 2.24) is 15.6 Å². The van der Waals surface area contributed by atoms with Gasteiger partial charge >= 0.3 is 0 Å². The van der Waals surface area contributed by atoms with Gasteiger partial charge in [-0.05, 0) is 37.5 Å². The van der Waals surface area contributed by atoms with E-state index >= 15 is 0 Å². The highest BCUT2D eigenvalue weighted by atomic mass is 127. The first-order chi connectivity index (χ1) is 10.3. The minimum atomic E-state index is -0.619. The first-order valence-electron chi connectivity index (χ1n) is 7.51. The van der Waals surface area contributed by atoms with Gasteiger partial charge in [-0.3, -0.25) is 9.98 Å². The third kappa shape index (κ3) is 6.45. The summed E-state index contributed by atoms with van der Waals surface area (Å²) in [7, 11) is 0. The fraction of sp³-hybridized carbons (Fsp3) is 0.600. The van der Waals surface area contributed by atoms with Gasteiger partial charge in [0.05, 0.1) is 18.8 Å². The molecule has 2 unspecified atom stereocenters. The summed E-state index contributed by atoms with van der Waals surface area (Å²) in [6.07, 6.45) is 5.20. The van der Waals surface area contributed by atoms with E-state index in [1.165, 1.54) is 0 Å². The van der Waals surface area contributed by atoms with Crippen molar-refractivity contribution in [1.29, 1.82) is 0 Å². The summed E-state index contributed by atoms with van der Waals surface area (Å²) < 4.78 is 5.57. The van der Waals surface area contributed by atoms with E-state index in [0.717, 1.165) is 38.1 Å². The Balaban J connectivity index is 0.00000242. The van der Waals surface area contributed by atoms with Crippen LogP contribution < -0.4 is 10.6 Å². The molecular formula is C15H25IN4O2. The number of aromatic nitrogens is 1. The van der Waals surface area contributed by atoms with Crippen LogP contribution in [0.5, 0.6) is 0 Å². The molecule has 1 fully saturated rings. The molecule has 0 bridgehead atoms. The van der Waals surface area contributed by atoms with E-state index in [1.54, 1.807) is 24.5 Å². The molecule has 3 N–H and O–H groups in total. The van der Waals surface area contributed by atoms with Crippen LogP contribution in [0.2, 0.25) is 0 Å². The first kappa shape index (κ1) is 19.1. The minimum absolute atomic E-state index is 0. The van der Waals surface area contributed by atoms with Gasteiger partial charge < -0.3 is 20.5 Å². The largest absolute Gasteiger partial charge is 0.386 e. The smallest absolute Gasteiger partial charge is 0.191 e. The summed E-state index contributed by atoms with van der Waals surface area (Å²) in [5.74, 6) is 0.709. The summed E-state index contributed by atoms with van der Waals surface area (Å²) in [6, 6.07) is 3.60. The molecule has 1 saturated heterocycles. The number of hydrogen-bond acceptors (Lipinski definition) is 4. The van der Waals surface area contributed by atoms with E-state index in [9.17, 15) is 5.11 Å². The SMILES string of the molecule is CCNC(=NCC(O)c1ccncc1)NCC1CCCO1.I. The Morgan fingerprint density at radius 1 is 1.45 bits per heavy atom. The molecule has 1 aliphatic heterocycles. The van der Waals surface area contributed by atoms with E-state index in [0.29, 0.717) is 12.5 Å². The second kappa shape index (κ2) is 10.7. The zero-order valence-electron chi connectivity index (χ0n) is 12.9. The van der Waals surface area contributed by atoms with Gasteiger partial charge in [-0.15, -0.1) is 24.0 Å². The molecule has 1 aromatic heterocycles. The fourth-order valence-electron chi connectivity index (χ4n) is 2.23. The Hall–Kier alpha value is -0.930. The number of nitrogens with one attached hydrogen (secondary N) is 2. The Morgan fingerprint density at radius 3 is 2.86 bits per heavy atom. The zero-order chi connectivity index (χ0) is 14.9. The highest BCUT2D eigenvalue weighted by Gasteiger charge is 2.15. The topological polar surface area (TPSA) is 78.8 Å². The van der Waals surface area contributed by atoms with Gasteiger partial charge in [0.25, 0.3) is 0 Å². The summed E-state index contributed by atoms with van der Waals surface area (Å²) >= 11 is 0. The van der Waals surface area contributed by atoms with Crippen LogP contribution in [0.1, 0.15) is 31.4 Å². The molecule has 2 atom stereocenters. The lowest BCUT2D eigenvalue weighted by Gasteiger charge is -2.15. The van der Waals surface area contributed by atoms with Gasteiger partial charge in [-0.1, -0.05) is 0 Å². The number of aliphatic hydroxyl groups is 1. The second-order valence-corrected chi connectivity index (χ2v) is 5.03. The monoisotopic (exact) mass is 420 g/mol. The molecule has 0 aromatic carbocycles. The molecule has 22 heavy (non-hydrogen) atoms. The lowest BCUT2D eigenvalue weighted by Crippen LogP contribution is -2.41. The Labute approximate surface area is 148 Å². The van der Waals surface area contributed by atoms with Crippen molar-refractivity contribution >= 4 is 29.9 Å². The number of pyridine rings is 1. The van der Waals surface area contributed by atoms with Gasteiger partial charge in [0.1, 0.15) is 0 Å². The van der Waals surface area contributed by atoms with E-state index in [2.05, 4.69) is 20.6 Å². The van der Waals surface area contributed by atoms with E-state index in [-0.39, 0.29) is 30.1 Å². The van der Waals surface area contributed by atoms with Gasteiger partial charge in [0.2, 0.25) is 0 Å². The van der Waals surface area contributed by atoms with E-state index in [1.807, 2.05) is 6.92 Å². The Kier molecular flexibility index (Phi) is 9.33. The molecule has 2 rings (SSSR count). The predicted molar refractivity (Wildman–Crippen MR) is 97.6 cm³/mol. The average molecular weight is 420 g/mol. The molecule has 0 saturated carbocycles. The fourth-order valence-corrected chi connectivity index (χ4v) is 2.23. The predicted octanol–water partition coefficient (Wildman–Crippen LogP) is 1.47. The number of hydrogen-bond donors (Lipinski definition) is 3. The molecule has 0 radical (unpaired) electrons. The van der Waals surface area contributed by atoms with E-state index in [4.69, 9.17) is 4.74 Å². The van der Waals surface area contributed by atoms with Crippen molar-refractivity contribution in [3.05, 3.63) is 30.1 Å². The maximum absolute atomic E-state index is 10.1. The standard InChI is InChI=1S/C15H24N4O2.HI/c1-2-17-15(18-10-13-4-3-9-21-13)19-11-14(20)12-5-7-16-8-6-12;/h5-8,13-14,20H,2-4,9-11H2,1H3,(H2,17,18,19);1H. The molecule has 7 heteroatoms. The molecule has 0 amide bonds. The van der Waals surface area contributed by atoms with Crippen LogP contribution in [0.25, 0.3) is 0 Å². The third-order valence-corrected chi connectivity index (χ3v) is 3.38. The van der Waals surface area contributed by atoms with Crippen LogP contribution in [0.4, 0.5) is 0 Å². The van der Waals surface area contributed by atoms with Crippen LogP contribution in [0.15, 0.2) is 29.5 Å². The average Bonchev–Trinajstić information content (AvgIpc) is 3.04. The number of aliphatic hydroxyl groups excluding tert-OH is 1. The number of nitrogens with zero attached hydrogens (tertiary/aromatic N) is 2. The summed E-state index contributed by atoms with van der Waals surface area (Å²) in [5, 5.41) is 16.5. The summed E-state index contributed by atoms with van der Waals surface area (Å²) in [6.45, 7) is 4.70. The number of halogens is 1. The highest BCUT2D eigenvalue weighted by molar-refractivity contribution is 14.0. The number of aliphatic imine (C=N–C) groups is 1. The molecule has 0 spiro atoms. The summed E-state index contributed by atoms with van der Waals surface area (Å²) in [4.78, 5) is 8.36. The molecule has 0 aliphatic carbocycles.